The molecule has 7 nitrogen and oxygen atoms in total. The molecule has 1 aromatic carbocycles. The molecule has 0 aliphatic carbocycles. The van der Waals surface area contributed by atoms with E-state index in [1.807, 2.05) is 13.8 Å². The molecule has 0 bridgehead atoms. The lowest BCUT2D eigenvalue weighted by Crippen LogP contribution is -2.04. The highest BCUT2D eigenvalue weighted by atomic mass is 32.2. The monoisotopic (exact) mass is 484 g/mol. The maximum atomic E-state index is 11.6. The molecule has 0 aliphatic heterocycles. The van der Waals surface area contributed by atoms with Crippen molar-refractivity contribution in [3.63, 3.8) is 0 Å². The Kier molecular flexibility index (Phi) is 10.6. The average molecular weight is 485 g/mol. The number of ketones is 1. The fourth-order valence-corrected chi connectivity index (χ4v) is 6.11. The molecule has 0 spiro atoms. The number of ether oxygens (including phenoxy) is 1. The van der Waals surface area contributed by atoms with E-state index in [4.69, 9.17) is 9.84 Å². The Morgan fingerprint density at radius 1 is 1.26 bits per heavy atom. The van der Waals surface area contributed by atoms with Crippen LogP contribution in [0.4, 0.5) is 0 Å². The number of Topliss-reactive ketones (excluding diaryl/α,β-unsaturated/α-hetero) is 1. The average Bonchev–Trinajstić information content (AvgIpc) is 3.15. The Bertz CT molecular complexity index is 888. The van der Waals surface area contributed by atoms with Crippen LogP contribution in [0.3, 0.4) is 0 Å². The fourth-order valence-electron chi connectivity index (χ4n) is 2.79. The first-order valence-corrected chi connectivity index (χ1v) is 12.8. The number of carbonyl (C=O) groups excluding carboxylic acids is 1. The van der Waals surface area contributed by atoms with Crippen LogP contribution in [0.15, 0.2) is 20.8 Å². The van der Waals surface area contributed by atoms with Gasteiger partial charge >= 0.3 is 5.97 Å². The van der Waals surface area contributed by atoms with Crippen LogP contribution in [0.25, 0.3) is 0 Å². The fraction of sp³-hybridized carbons (Fsp3) is 0.524. The van der Waals surface area contributed by atoms with E-state index in [1.54, 1.807) is 35.7 Å². The number of thioether (sulfide) groups is 2. The van der Waals surface area contributed by atoms with Gasteiger partial charge in [-0.25, -0.2) is 0 Å². The van der Waals surface area contributed by atoms with Gasteiger partial charge in [0.1, 0.15) is 11.5 Å². The summed E-state index contributed by atoms with van der Waals surface area (Å²) in [6, 6.07) is 3.37. The Labute approximate surface area is 195 Å². The summed E-state index contributed by atoms with van der Waals surface area (Å²) in [5.74, 6) is 0.518. The number of aromatic hydroxyl groups is 1. The van der Waals surface area contributed by atoms with Gasteiger partial charge in [-0.2, -0.15) is 0 Å². The van der Waals surface area contributed by atoms with E-state index < -0.39 is 5.97 Å². The number of nitrogens with zero attached hydrogens (tertiary/aromatic N) is 2. The molecule has 1 atom stereocenters. The predicted octanol–water partition coefficient (Wildman–Crippen LogP) is 5.31. The van der Waals surface area contributed by atoms with Crippen molar-refractivity contribution in [1.29, 1.82) is 0 Å². The number of rotatable bonds is 14. The van der Waals surface area contributed by atoms with Gasteiger partial charge in [0.2, 0.25) is 0 Å². The number of hydrogen-bond donors (Lipinski definition) is 2. The highest BCUT2D eigenvalue weighted by Gasteiger charge is 2.16. The van der Waals surface area contributed by atoms with Crippen molar-refractivity contribution < 1.29 is 24.5 Å². The number of hydrogen-bond acceptors (Lipinski definition) is 9. The number of aliphatic carboxylic acids is 1. The lowest BCUT2D eigenvalue weighted by atomic mass is 10.0. The highest BCUT2D eigenvalue weighted by molar-refractivity contribution is 8.03. The van der Waals surface area contributed by atoms with E-state index in [0.29, 0.717) is 36.3 Å². The molecule has 1 unspecified atom stereocenters. The Hall–Kier alpha value is -1.78. The second-order valence-corrected chi connectivity index (χ2v) is 11.0. The second kappa shape index (κ2) is 12.9. The Balaban J connectivity index is 1.79. The van der Waals surface area contributed by atoms with Crippen molar-refractivity contribution in [3.05, 3.63) is 23.3 Å². The van der Waals surface area contributed by atoms with Crippen LogP contribution in [0.1, 0.15) is 62.4 Å². The molecule has 2 N–H and O–H groups in total. The normalized spacial score (nSPS) is 12.0. The molecule has 170 valence electrons. The van der Waals surface area contributed by atoms with Crippen molar-refractivity contribution in [3.8, 4) is 11.5 Å². The Morgan fingerprint density at radius 3 is 2.68 bits per heavy atom. The molecule has 0 aliphatic rings. The number of carbonyl (C=O) groups is 2. The van der Waals surface area contributed by atoms with E-state index in [0.717, 1.165) is 27.3 Å². The van der Waals surface area contributed by atoms with E-state index >= 15 is 0 Å². The van der Waals surface area contributed by atoms with Gasteiger partial charge < -0.3 is 14.9 Å². The van der Waals surface area contributed by atoms with Crippen molar-refractivity contribution in [1.82, 2.24) is 10.2 Å². The van der Waals surface area contributed by atoms with Gasteiger partial charge in [-0.15, -0.1) is 10.2 Å². The smallest absolute Gasteiger partial charge is 0.303 e. The lowest BCUT2D eigenvalue weighted by molar-refractivity contribution is -0.137. The summed E-state index contributed by atoms with van der Waals surface area (Å²) in [7, 11) is 0. The second-order valence-electron chi connectivity index (χ2n) is 6.99. The van der Waals surface area contributed by atoms with Crippen LogP contribution in [0.2, 0.25) is 0 Å². The van der Waals surface area contributed by atoms with E-state index in [2.05, 4.69) is 10.2 Å². The first-order chi connectivity index (χ1) is 14.8. The summed E-state index contributed by atoms with van der Waals surface area (Å²) < 4.78 is 7.60. The number of carboxylic acid groups (broad SMARTS) is 1. The minimum Gasteiger partial charge on any atom is -0.507 e. The summed E-state index contributed by atoms with van der Waals surface area (Å²) in [4.78, 5) is 22.3. The van der Waals surface area contributed by atoms with Crippen LogP contribution in [0.5, 0.6) is 11.5 Å². The third kappa shape index (κ3) is 8.34. The molecule has 1 heterocycles. The van der Waals surface area contributed by atoms with Crippen LogP contribution in [0, 0.1) is 0 Å². The number of carboxylic acids is 1. The molecule has 10 heteroatoms. The van der Waals surface area contributed by atoms with Crippen molar-refractivity contribution in [2.75, 3.05) is 12.4 Å². The van der Waals surface area contributed by atoms with E-state index in [-0.39, 0.29) is 23.2 Å². The van der Waals surface area contributed by atoms with Gasteiger partial charge in [-0.1, -0.05) is 55.1 Å². The third-order valence-corrected chi connectivity index (χ3v) is 7.74. The molecule has 31 heavy (non-hydrogen) atoms. The minimum atomic E-state index is -0.782. The van der Waals surface area contributed by atoms with Gasteiger partial charge in [-0.3, -0.25) is 9.59 Å². The van der Waals surface area contributed by atoms with Gasteiger partial charge in [0.05, 0.1) is 12.2 Å². The number of benzene rings is 1. The SMILES string of the molecule is CCCc1c(OCCCSc2nnc(SC(C)CCC(=O)O)s2)ccc(C(C)=O)c1O. The first-order valence-electron chi connectivity index (χ1n) is 10.1. The lowest BCUT2D eigenvalue weighted by Gasteiger charge is -2.14. The molecule has 1 aromatic heterocycles. The summed E-state index contributed by atoms with van der Waals surface area (Å²) in [5, 5.41) is 27.7. The molecule has 2 aromatic rings. The topological polar surface area (TPSA) is 110 Å². The molecule has 0 amide bonds. The standard InChI is InChI=1S/C21H28N2O5S3/c1-4-6-16-17(9-8-15(14(3)24)19(16)27)28-11-5-12-29-20-22-23-21(31-20)30-13(2)7-10-18(25)26/h8-9,13,27H,4-7,10-12H2,1-3H3,(H,25,26). The predicted molar refractivity (Wildman–Crippen MR) is 125 cm³/mol. The molecular weight excluding hydrogens is 456 g/mol. The van der Waals surface area contributed by atoms with Crippen LogP contribution in [-0.4, -0.2) is 49.8 Å². The van der Waals surface area contributed by atoms with Gasteiger partial charge in [0.25, 0.3) is 0 Å². The maximum Gasteiger partial charge on any atom is 0.303 e. The summed E-state index contributed by atoms with van der Waals surface area (Å²) >= 11 is 4.68. The van der Waals surface area contributed by atoms with Gasteiger partial charge in [0, 0.05) is 23.0 Å². The van der Waals surface area contributed by atoms with Crippen LogP contribution in [-0.2, 0) is 11.2 Å². The zero-order valence-electron chi connectivity index (χ0n) is 17.9. The third-order valence-electron chi connectivity index (χ3n) is 4.35. The van der Waals surface area contributed by atoms with E-state index in [9.17, 15) is 14.7 Å². The minimum absolute atomic E-state index is 0.0256. The van der Waals surface area contributed by atoms with E-state index in [1.165, 1.54) is 18.3 Å². The summed E-state index contributed by atoms with van der Waals surface area (Å²) in [6.07, 6.45) is 3.04. The first kappa shape index (κ1) is 25.5. The number of phenols is 1. The molecule has 0 radical (unpaired) electrons. The van der Waals surface area contributed by atoms with Gasteiger partial charge in [0.15, 0.2) is 14.5 Å². The molecule has 2 rings (SSSR count). The number of phenolic OH excluding ortho intramolecular Hbond substituents is 1. The molecule has 0 saturated carbocycles. The molecule has 0 fully saturated rings. The Morgan fingerprint density at radius 2 is 2.00 bits per heavy atom. The van der Waals surface area contributed by atoms with Crippen LogP contribution < -0.4 is 4.74 Å². The highest BCUT2D eigenvalue weighted by Crippen LogP contribution is 2.34. The van der Waals surface area contributed by atoms with Crippen molar-refractivity contribution in [2.45, 2.75) is 66.8 Å². The number of aromatic nitrogens is 2. The van der Waals surface area contributed by atoms with Crippen molar-refractivity contribution >= 4 is 46.6 Å². The zero-order chi connectivity index (χ0) is 22.8. The molecule has 0 saturated heterocycles. The zero-order valence-corrected chi connectivity index (χ0v) is 20.4. The van der Waals surface area contributed by atoms with Crippen molar-refractivity contribution in [2.24, 2.45) is 0 Å². The maximum absolute atomic E-state index is 11.6. The quantitative estimate of drug-likeness (QED) is 0.209. The summed E-state index contributed by atoms with van der Waals surface area (Å²) in [6.45, 7) is 5.94. The van der Waals surface area contributed by atoms with Crippen LogP contribution >= 0.6 is 34.9 Å². The molecular formula is C21H28N2O5S3. The largest absolute Gasteiger partial charge is 0.507 e. The summed E-state index contributed by atoms with van der Waals surface area (Å²) in [5.41, 5.74) is 1.01. The van der Waals surface area contributed by atoms with Gasteiger partial charge in [-0.05, 0) is 38.3 Å².